The van der Waals surface area contributed by atoms with Crippen molar-refractivity contribution in [3.63, 3.8) is 0 Å². The number of hydrogen-bond donors (Lipinski definition) is 6. The van der Waals surface area contributed by atoms with Gasteiger partial charge in [0.25, 0.3) is 5.91 Å². The van der Waals surface area contributed by atoms with Gasteiger partial charge in [-0.05, 0) is 65.3 Å². The Morgan fingerprint density at radius 2 is 1.75 bits per heavy atom. The quantitative estimate of drug-likeness (QED) is 0.290. The van der Waals surface area contributed by atoms with Gasteiger partial charge in [-0.2, -0.15) is 0 Å². The van der Waals surface area contributed by atoms with Crippen LogP contribution in [0.1, 0.15) is 50.8 Å². The Balaban J connectivity index is 2.00. The second-order valence-corrected chi connectivity index (χ2v) is 12.9. The molecule has 0 radical (unpaired) electrons. The van der Waals surface area contributed by atoms with Crippen molar-refractivity contribution in [3.05, 3.63) is 39.7 Å². The van der Waals surface area contributed by atoms with E-state index in [-0.39, 0.29) is 41.8 Å². The number of amides is 1. The number of likely N-dealkylation sites (N-methyl/N-ethyl adjacent to an activating group) is 1. The highest BCUT2D eigenvalue weighted by Crippen LogP contribution is 2.59. The number of nitrogens with two attached hydrogens (primary N) is 1. The summed E-state index contributed by atoms with van der Waals surface area (Å²) in [6, 6.07) is 0.673. The summed E-state index contributed by atoms with van der Waals surface area (Å²) < 4.78 is 0. The fourth-order valence-corrected chi connectivity index (χ4v) is 6.82. The second-order valence-electron chi connectivity index (χ2n) is 12.9. The van der Waals surface area contributed by atoms with E-state index in [1.54, 1.807) is 14.1 Å². The molecule has 1 saturated carbocycles. The lowest BCUT2D eigenvalue weighted by Crippen LogP contribution is -2.71. The smallest absolute Gasteiger partial charge is 0.255 e. The van der Waals surface area contributed by atoms with Crippen LogP contribution in [0.2, 0.25) is 0 Å². The third kappa shape index (κ3) is 4.02. The lowest BCUT2D eigenvalue weighted by atomic mass is 9.50. The number of benzene rings is 1. The lowest BCUT2D eigenvalue weighted by Gasteiger charge is -2.57. The molecule has 7 N–H and O–H groups in total. The fourth-order valence-electron chi connectivity index (χ4n) is 6.82. The first-order chi connectivity index (χ1) is 18.3. The Kier molecular flexibility index (Phi) is 6.89. The van der Waals surface area contributed by atoms with Gasteiger partial charge >= 0.3 is 0 Å². The Labute approximate surface area is 233 Å². The molecule has 218 valence electrons. The molecule has 1 fully saturated rings. The van der Waals surface area contributed by atoms with Crippen molar-refractivity contribution >= 4 is 28.9 Å². The number of primary amides is 1. The summed E-state index contributed by atoms with van der Waals surface area (Å²) in [5, 5.41) is 49.4. The van der Waals surface area contributed by atoms with E-state index in [9.17, 15) is 34.8 Å². The number of hydrogen-bond acceptors (Lipinski definition) is 10. The summed E-state index contributed by atoms with van der Waals surface area (Å²) in [6.45, 7) is 7.75. The largest absolute Gasteiger partial charge is 0.508 e. The van der Waals surface area contributed by atoms with Gasteiger partial charge in [0.15, 0.2) is 11.4 Å². The van der Waals surface area contributed by atoms with Crippen LogP contribution in [-0.4, -0.2) is 88.2 Å². The molecular formula is C29H40N4O7. The number of carbonyl (C=O) groups is 3. The van der Waals surface area contributed by atoms with Gasteiger partial charge in [-0.25, -0.2) is 0 Å². The number of aliphatic hydroxyl groups is 3. The maximum Gasteiger partial charge on any atom is 0.255 e. The second kappa shape index (κ2) is 9.32. The van der Waals surface area contributed by atoms with Crippen LogP contribution in [-0.2, 0) is 27.3 Å². The van der Waals surface area contributed by atoms with Crippen molar-refractivity contribution in [1.82, 2.24) is 10.2 Å². The minimum absolute atomic E-state index is 0.0136. The highest BCUT2D eigenvalue weighted by atomic mass is 16.3. The van der Waals surface area contributed by atoms with E-state index in [0.29, 0.717) is 11.1 Å². The molecule has 0 saturated heterocycles. The number of phenols is 1. The molecule has 11 nitrogen and oxygen atoms in total. The SMILES string of the molecule is CN(C)c1cc(CNC(C)(C)C)c(O)c2c1C[C@H]1C[C@@]3(C)C(N(C)C)C(=O)C(C(N)=O)=C(O)[C@@]3(O)C(=O)C1=C2O. The van der Waals surface area contributed by atoms with Crippen LogP contribution < -0.4 is 16.0 Å². The van der Waals surface area contributed by atoms with Gasteiger partial charge in [0.05, 0.1) is 11.6 Å². The third-order valence-electron chi connectivity index (χ3n) is 8.62. The Morgan fingerprint density at radius 1 is 1.15 bits per heavy atom. The topological polar surface area (TPSA) is 177 Å². The first-order valence-electron chi connectivity index (χ1n) is 13.2. The molecule has 0 spiro atoms. The summed E-state index contributed by atoms with van der Waals surface area (Å²) in [5.41, 5.74) is 1.81. The minimum Gasteiger partial charge on any atom is -0.508 e. The molecule has 1 unspecified atom stereocenters. The molecule has 1 aromatic rings. The zero-order valence-corrected chi connectivity index (χ0v) is 24.3. The summed E-state index contributed by atoms with van der Waals surface area (Å²) in [5.74, 6) is -5.55. The molecule has 1 amide bonds. The predicted molar refractivity (Wildman–Crippen MR) is 150 cm³/mol. The zero-order valence-electron chi connectivity index (χ0n) is 24.3. The Hall–Kier alpha value is -3.41. The van der Waals surface area contributed by atoms with Gasteiger partial charge in [0.2, 0.25) is 5.78 Å². The molecule has 0 aromatic heterocycles. The Bertz CT molecular complexity index is 1390. The molecular weight excluding hydrogens is 516 g/mol. The first-order valence-corrected chi connectivity index (χ1v) is 13.2. The van der Waals surface area contributed by atoms with Crippen LogP contribution in [0, 0.1) is 11.3 Å². The van der Waals surface area contributed by atoms with E-state index in [0.717, 1.165) is 5.69 Å². The van der Waals surface area contributed by atoms with Gasteiger partial charge in [-0.3, -0.25) is 19.3 Å². The van der Waals surface area contributed by atoms with Crippen molar-refractivity contribution < 1.29 is 34.8 Å². The number of ketones is 2. The number of phenolic OH excluding ortho intramolecular Hbond substituents is 1. The fraction of sp³-hybridized carbons (Fsp3) is 0.552. The molecule has 3 aliphatic rings. The Morgan fingerprint density at radius 3 is 2.25 bits per heavy atom. The summed E-state index contributed by atoms with van der Waals surface area (Å²) >= 11 is 0. The minimum atomic E-state index is -2.72. The molecule has 4 atom stereocenters. The van der Waals surface area contributed by atoms with Gasteiger partial charge in [0.1, 0.15) is 22.8 Å². The molecule has 0 aliphatic heterocycles. The standard InChI is InChI=1S/C29H40N4O7/c1-27(2,3)31-12-14-10-16(32(5)6)15-9-13-11-28(4)23(33(7)8)22(36)19(26(30)39)25(38)29(28,40)24(37)17(13)21(35)18(15)20(14)34/h10,13,23,31,34-35,38,40H,9,11-12H2,1-8H3,(H2,30,39)/t13-,23?,28-,29-/m0/s1. The maximum atomic E-state index is 14.2. The van der Waals surface area contributed by atoms with Gasteiger partial charge in [0, 0.05) is 48.4 Å². The van der Waals surface area contributed by atoms with E-state index in [2.05, 4.69) is 5.32 Å². The number of aliphatic hydroxyl groups excluding tert-OH is 2. The third-order valence-corrected chi connectivity index (χ3v) is 8.62. The van der Waals surface area contributed by atoms with Crippen LogP contribution in [0.15, 0.2) is 23.0 Å². The average Bonchev–Trinajstić information content (AvgIpc) is 2.79. The van der Waals surface area contributed by atoms with Crippen molar-refractivity contribution in [2.24, 2.45) is 17.1 Å². The average molecular weight is 557 g/mol. The highest BCUT2D eigenvalue weighted by molar-refractivity contribution is 6.25. The van der Waals surface area contributed by atoms with E-state index < -0.39 is 57.5 Å². The molecule has 0 bridgehead atoms. The molecule has 40 heavy (non-hydrogen) atoms. The van der Waals surface area contributed by atoms with Crippen LogP contribution in [0.4, 0.5) is 5.69 Å². The van der Waals surface area contributed by atoms with Crippen LogP contribution >= 0.6 is 0 Å². The van der Waals surface area contributed by atoms with Crippen molar-refractivity contribution in [2.45, 2.75) is 64.3 Å². The first kappa shape index (κ1) is 29.6. The van der Waals surface area contributed by atoms with Crippen molar-refractivity contribution in [2.75, 3.05) is 33.1 Å². The number of carbonyl (C=O) groups excluding carboxylic acids is 3. The number of rotatable bonds is 5. The van der Waals surface area contributed by atoms with Gasteiger partial charge in [-0.15, -0.1) is 0 Å². The number of aromatic hydroxyl groups is 1. The number of nitrogens with one attached hydrogen (secondary N) is 1. The van der Waals surface area contributed by atoms with Crippen molar-refractivity contribution in [3.8, 4) is 5.75 Å². The number of nitrogens with zero attached hydrogens (tertiary/aromatic N) is 2. The van der Waals surface area contributed by atoms with Crippen LogP contribution in [0.25, 0.3) is 5.76 Å². The molecule has 11 heteroatoms. The van der Waals surface area contributed by atoms with E-state index in [1.807, 2.05) is 45.8 Å². The monoisotopic (exact) mass is 556 g/mol. The lowest BCUT2D eigenvalue weighted by molar-refractivity contribution is -0.171. The number of anilines is 1. The molecule has 3 aliphatic carbocycles. The van der Waals surface area contributed by atoms with E-state index in [1.165, 1.54) is 11.8 Å². The normalized spacial score (nSPS) is 28.4. The molecule has 0 heterocycles. The summed E-state index contributed by atoms with van der Waals surface area (Å²) in [6.07, 6.45) is 0.238. The van der Waals surface area contributed by atoms with E-state index >= 15 is 0 Å². The van der Waals surface area contributed by atoms with Gasteiger partial charge in [-0.1, -0.05) is 6.92 Å². The van der Waals surface area contributed by atoms with Crippen LogP contribution in [0.5, 0.6) is 5.75 Å². The molecule has 4 rings (SSSR count). The predicted octanol–water partition coefficient (Wildman–Crippen LogP) is 1.31. The molecule has 1 aromatic carbocycles. The number of fused-ring (bicyclic) bond motifs is 3. The highest BCUT2D eigenvalue weighted by Gasteiger charge is 2.70. The van der Waals surface area contributed by atoms with Crippen LogP contribution in [0.3, 0.4) is 0 Å². The van der Waals surface area contributed by atoms with Crippen molar-refractivity contribution in [1.29, 1.82) is 0 Å². The summed E-state index contributed by atoms with van der Waals surface area (Å²) in [4.78, 5) is 43.2. The zero-order chi connectivity index (χ0) is 30.3. The van der Waals surface area contributed by atoms with Gasteiger partial charge < -0.3 is 36.4 Å². The maximum absolute atomic E-state index is 14.2. The van der Waals surface area contributed by atoms with E-state index in [4.69, 9.17) is 5.73 Å². The number of Topliss-reactive ketones (excluding diaryl/α,β-unsaturated/α-hetero) is 2. The summed E-state index contributed by atoms with van der Waals surface area (Å²) in [7, 11) is 6.83.